The fourth-order valence-electron chi connectivity index (χ4n) is 3.39. The molecule has 3 aromatic carbocycles. The molecule has 0 radical (unpaired) electrons. The third-order valence-electron chi connectivity index (χ3n) is 5.30. The van der Waals surface area contributed by atoms with Gasteiger partial charge in [0, 0.05) is 23.7 Å². The molecule has 162 valence electrons. The van der Waals surface area contributed by atoms with Crippen LogP contribution < -0.4 is 10.0 Å². The molecule has 1 saturated carbocycles. The Morgan fingerprint density at radius 2 is 1.81 bits per heavy atom. The number of hydrogen-bond acceptors (Lipinski definition) is 5. The van der Waals surface area contributed by atoms with Crippen LogP contribution in [0.1, 0.15) is 40.6 Å². The summed E-state index contributed by atoms with van der Waals surface area (Å²) in [6.45, 7) is 0.167. The van der Waals surface area contributed by atoms with Crippen LogP contribution in [0.25, 0.3) is 11.1 Å². The van der Waals surface area contributed by atoms with Gasteiger partial charge in [-0.3, -0.25) is 4.79 Å². The van der Waals surface area contributed by atoms with Gasteiger partial charge in [0.1, 0.15) is 5.52 Å². The number of sulfonamides is 1. The Balaban J connectivity index is 1.31. The van der Waals surface area contributed by atoms with Crippen LogP contribution in [-0.4, -0.2) is 19.3 Å². The summed E-state index contributed by atoms with van der Waals surface area (Å²) in [5.74, 6) is 0.736. The molecule has 0 aliphatic heterocycles. The summed E-state index contributed by atoms with van der Waals surface area (Å²) in [5.41, 5.74) is 3.02. The molecule has 1 aliphatic rings. The summed E-state index contributed by atoms with van der Waals surface area (Å²) in [4.78, 5) is 17.3. The van der Waals surface area contributed by atoms with Crippen LogP contribution >= 0.6 is 0 Å². The lowest BCUT2D eigenvalue weighted by Crippen LogP contribution is -2.23. The van der Waals surface area contributed by atoms with Crippen LogP contribution in [0.5, 0.6) is 0 Å². The number of anilines is 1. The molecular weight excluding hydrogens is 426 g/mol. The molecule has 1 aromatic heterocycles. The number of amides is 1. The molecule has 8 heteroatoms. The molecule has 2 N–H and O–H groups in total. The number of rotatable bonds is 7. The topological polar surface area (TPSA) is 101 Å². The number of carbonyl (C=O) groups is 1. The molecule has 1 fully saturated rings. The molecule has 0 bridgehead atoms. The lowest BCUT2D eigenvalue weighted by atomic mass is 10.2. The molecule has 7 nitrogen and oxygen atoms in total. The summed E-state index contributed by atoms with van der Waals surface area (Å²) < 4.78 is 33.7. The maximum Gasteiger partial charge on any atom is 0.255 e. The highest BCUT2D eigenvalue weighted by Crippen LogP contribution is 2.40. The zero-order valence-corrected chi connectivity index (χ0v) is 17.9. The summed E-state index contributed by atoms with van der Waals surface area (Å²) in [6.07, 6.45) is 2.19. The number of carbonyl (C=O) groups excluding carboxylic acids is 1. The smallest absolute Gasteiger partial charge is 0.255 e. The summed E-state index contributed by atoms with van der Waals surface area (Å²) in [6, 6.07) is 20.5. The molecule has 32 heavy (non-hydrogen) atoms. The number of hydrogen-bond donors (Lipinski definition) is 2. The number of benzene rings is 3. The Kier molecular flexibility index (Phi) is 5.24. The van der Waals surface area contributed by atoms with E-state index in [1.807, 2.05) is 30.3 Å². The van der Waals surface area contributed by atoms with E-state index in [1.165, 1.54) is 12.1 Å². The van der Waals surface area contributed by atoms with Gasteiger partial charge in [-0.2, -0.15) is 0 Å². The summed E-state index contributed by atoms with van der Waals surface area (Å²) in [5, 5.41) is 2.81. The van der Waals surface area contributed by atoms with Crippen molar-refractivity contribution in [1.29, 1.82) is 0 Å². The van der Waals surface area contributed by atoms with Crippen LogP contribution in [0.2, 0.25) is 0 Å². The number of nitrogens with one attached hydrogen (secondary N) is 2. The van der Waals surface area contributed by atoms with E-state index < -0.39 is 15.9 Å². The molecule has 0 saturated heterocycles. The Morgan fingerprint density at radius 1 is 1.00 bits per heavy atom. The van der Waals surface area contributed by atoms with Crippen molar-refractivity contribution in [2.75, 3.05) is 5.32 Å². The van der Waals surface area contributed by atoms with Crippen LogP contribution in [-0.2, 0) is 16.6 Å². The van der Waals surface area contributed by atoms with E-state index in [0.717, 1.165) is 24.3 Å². The molecule has 1 aliphatic carbocycles. The predicted molar refractivity (Wildman–Crippen MR) is 121 cm³/mol. The van der Waals surface area contributed by atoms with Gasteiger partial charge in [0.25, 0.3) is 5.91 Å². The van der Waals surface area contributed by atoms with Gasteiger partial charge in [-0.25, -0.2) is 18.1 Å². The van der Waals surface area contributed by atoms with Gasteiger partial charge >= 0.3 is 0 Å². The second-order valence-electron chi connectivity index (χ2n) is 7.80. The van der Waals surface area contributed by atoms with Gasteiger partial charge in [0.2, 0.25) is 10.0 Å². The van der Waals surface area contributed by atoms with E-state index in [4.69, 9.17) is 4.42 Å². The van der Waals surface area contributed by atoms with Crippen molar-refractivity contribution < 1.29 is 17.6 Å². The van der Waals surface area contributed by atoms with Gasteiger partial charge in [0.05, 0.1) is 4.90 Å². The second-order valence-corrected chi connectivity index (χ2v) is 9.57. The first-order valence-corrected chi connectivity index (χ1v) is 11.8. The number of oxazole rings is 1. The average molecular weight is 448 g/mol. The highest BCUT2D eigenvalue weighted by molar-refractivity contribution is 7.89. The van der Waals surface area contributed by atoms with Crippen molar-refractivity contribution >= 4 is 32.7 Å². The standard InChI is InChI=1S/C24H21N3O4S/c28-23(26-19-11-12-22-21(14-19)27-24(31-22)17-9-10-17)18-7-4-8-20(13-18)32(29,30)25-15-16-5-2-1-3-6-16/h1-8,11-14,17,25H,9-10,15H2,(H,26,28). The van der Waals surface area contributed by atoms with Gasteiger partial charge in [0.15, 0.2) is 11.5 Å². The van der Waals surface area contributed by atoms with Crippen molar-refractivity contribution in [3.05, 3.63) is 89.8 Å². The highest BCUT2D eigenvalue weighted by Gasteiger charge is 2.29. The first-order chi connectivity index (χ1) is 15.5. The van der Waals surface area contributed by atoms with Crippen molar-refractivity contribution in [3.8, 4) is 0 Å². The Bertz CT molecular complexity index is 1390. The SMILES string of the molecule is O=C(Nc1ccc2oc(C3CC3)nc2c1)c1cccc(S(=O)(=O)NCc2ccccc2)c1. The fourth-order valence-corrected chi connectivity index (χ4v) is 4.46. The molecule has 0 unspecified atom stereocenters. The normalized spacial score (nSPS) is 13.9. The summed E-state index contributed by atoms with van der Waals surface area (Å²) >= 11 is 0. The van der Waals surface area contributed by atoms with Crippen LogP contribution in [0.3, 0.4) is 0 Å². The number of nitrogens with zero attached hydrogens (tertiary/aromatic N) is 1. The largest absolute Gasteiger partial charge is 0.440 e. The Morgan fingerprint density at radius 3 is 2.59 bits per heavy atom. The van der Waals surface area contributed by atoms with E-state index in [2.05, 4.69) is 15.0 Å². The molecule has 5 rings (SSSR count). The van der Waals surface area contributed by atoms with E-state index >= 15 is 0 Å². The molecule has 1 heterocycles. The third-order valence-corrected chi connectivity index (χ3v) is 6.70. The van der Waals surface area contributed by atoms with E-state index in [1.54, 1.807) is 30.3 Å². The first kappa shape index (κ1) is 20.4. The third kappa shape index (κ3) is 4.42. The average Bonchev–Trinajstić information content (AvgIpc) is 3.58. The van der Waals surface area contributed by atoms with Crippen LogP contribution in [0, 0.1) is 0 Å². The minimum atomic E-state index is -3.77. The quantitative estimate of drug-likeness (QED) is 0.436. The van der Waals surface area contributed by atoms with Crippen molar-refractivity contribution in [2.45, 2.75) is 30.2 Å². The first-order valence-electron chi connectivity index (χ1n) is 10.3. The Hall–Kier alpha value is -3.49. The number of fused-ring (bicyclic) bond motifs is 1. The molecule has 1 amide bonds. The van der Waals surface area contributed by atoms with Gasteiger partial charge in [-0.15, -0.1) is 0 Å². The molecular formula is C24H21N3O4S. The summed E-state index contributed by atoms with van der Waals surface area (Å²) in [7, 11) is -3.77. The lowest BCUT2D eigenvalue weighted by Gasteiger charge is -2.09. The van der Waals surface area contributed by atoms with Crippen molar-refractivity contribution in [3.63, 3.8) is 0 Å². The second kappa shape index (κ2) is 8.22. The maximum absolute atomic E-state index is 12.8. The zero-order chi connectivity index (χ0) is 22.1. The van der Waals surface area contributed by atoms with E-state index in [9.17, 15) is 13.2 Å². The van der Waals surface area contributed by atoms with Gasteiger partial charge in [-0.05, 0) is 54.8 Å². The molecule has 4 aromatic rings. The molecule has 0 atom stereocenters. The van der Waals surface area contributed by atoms with Crippen molar-refractivity contribution in [2.24, 2.45) is 0 Å². The molecule has 0 spiro atoms. The van der Waals surface area contributed by atoms with Crippen molar-refractivity contribution in [1.82, 2.24) is 9.71 Å². The van der Waals surface area contributed by atoms with E-state index in [-0.39, 0.29) is 17.0 Å². The maximum atomic E-state index is 12.8. The van der Waals surface area contributed by atoms with E-state index in [0.29, 0.717) is 22.7 Å². The highest BCUT2D eigenvalue weighted by atomic mass is 32.2. The minimum absolute atomic E-state index is 0.0297. The monoisotopic (exact) mass is 447 g/mol. The number of aromatic nitrogens is 1. The van der Waals surface area contributed by atoms with Crippen LogP contribution in [0.4, 0.5) is 5.69 Å². The fraction of sp³-hybridized carbons (Fsp3) is 0.167. The predicted octanol–water partition coefficient (Wildman–Crippen LogP) is 4.44. The van der Waals surface area contributed by atoms with Gasteiger partial charge < -0.3 is 9.73 Å². The lowest BCUT2D eigenvalue weighted by molar-refractivity contribution is 0.102. The van der Waals surface area contributed by atoms with Crippen LogP contribution in [0.15, 0.2) is 82.1 Å². The van der Waals surface area contributed by atoms with Gasteiger partial charge in [-0.1, -0.05) is 36.4 Å². The Labute approximate surface area is 185 Å². The zero-order valence-electron chi connectivity index (χ0n) is 17.1. The minimum Gasteiger partial charge on any atom is -0.440 e.